The lowest BCUT2D eigenvalue weighted by Crippen LogP contribution is -2.29. The molecule has 2 N–H and O–H groups in total. The standard InChI is InChI=1S/C12H19ClN2S/c1-9(6-7-16-3)15(2)12-5-4-10(13)8-11(12)14/h4-5,8-9H,6-7,14H2,1-3H3. The van der Waals surface area contributed by atoms with Crippen molar-refractivity contribution in [2.45, 2.75) is 19.4 Å². The van der Waals surface area contributed by atoms with Crippen LogP contribution in [0.15, 0.2) is 18.2 Å². The molecule has 16 heavy (non-hydrogen) atoms. The third kappa shape index (κ3) is 3.49. The van der Waals surface area contributed by atoms with Crippen LogP contribution in [0, 0.1) is 0 Å². The molecule has 1 aromatic rings. The molecule has 90 valence electrons. The van der Waals surface area contributed by atoms with Gasteiger partial charge in [0.15, 0.2) is 0 Å². The Balaban J connectivity index is 2.75. The van der Waals surface area contributed by atoms with Gasteiger partial charge >= 0.3 is 0 Å². The Bertz CT molecular complexity index is 344. The number of thioether (sulfide) groups is 1. The minimum absolute atomic E-state index is 0.482. The Morgan fingerprint density at radius 2 is 2.19 bits per heavy atom. The number of anilines is 2. The smallest absolute Gasteiger partial charge is 0.0600 e. The fourth-order valence-corrected chi connectivity index (χ4v) is 2.32. The molecule has 1 aromatic carbocycles. The van der Waals surface area contributed by atoms with Gasteiger partial charge in [0.25, 0.3) is 0 Å². The van der Waals surface area contributed by atoms with Gasteiger partial charge in [0, 0.05) is 18.1 Å². The number of benzene rings is 1. The fourth-order valence-electron chi connectivity index (χ4n) is 1.57. The molecule has 2 nitrogen and oxygen atoms in total. The summed E-state index contributed by atoms with van der Waals surface area (Å²) in [5, 5.41) is 0.686. The summed E-state index contributed by atoms with van der Waals surface area (Å²) in [4.78, 5) is 2.21. The summed E-state index contributed by atoms with van der Waals surface area (Å²) in [5.74, 6) is 1.17. The van der Waals surface area contributed by atoms with Gasteiger partial charge in [-0.25, -0.2) is 0 Å². The summed E-state index contributed by atoms with van der Waals surface area (Å²) >= 11 is 7.75. The molecule has 0 amide bonds. The maximum Gasteiger partial charge on any atom is 0.0600 e. The highest BCUT2D eigenvalue weighted by molar-refractivity contribution is 7.98. The molecule has 0 aliphatic rings. The van der Waals surface area contributed by atoms with Crippen molar-refractivity contribution in [3.05, 3.63) is 23.2 Å². The molecule has 0 radical (unpaired) electrons. The van der Waals surface area contributed by atoms with Crippen molar-refractivity contribution in [1.29, 1.82) is 0 Å². The second-order valence-electron chi connectivity index (χ2n) is 3.94. The Hall–Kier alpha value is -0.540. The SMILES string of the molecule is CSCCC(C)N(C)c1ccc(Cl)cc1N. The van der Waals surface area contributed by atoms with Crippen LogP contribution in [-0.2, 0) is 0 Å². The van der Waals surface area contributed by atoms with Crippen LogP contribution in [0.5, 0.6) is 0 Å². The topological polar surface area (TPSA) is 29.3 Å². The molecule has 0 heterocycles. The molecule has 1 atom stereocenters. The average Bonchev–Trinajstić information content (AvgIpc) is 2.25. The molecular formula is C12H19ClN2S. The molecule has 0 saturated carbocycles. The third-order valence-electron chi connectivity index (χ3n) is 2.77. The summed E-state index contributed by atoms with van der Waals surface area (Å²) in [5.41, 5.74) is 7.75. The van der Waals surface area contributed by atoms with Gasteiger partial charge in [-0.3, -0.25) is 0 Å². The molecule has 1 unspecified atom stereocenters. The van der Waals surface area contributed by atoms with Gasteiger partial charge in [-0.2, -0.15) is 11.8 Å². The molecule has 0 bridgehead atoms. The highest BCUT2D eigenvalue weighted by Gasteiger charge is 2.12. The van der Waals surface area contributed by atoms with Crippen LogP contribution in [0.4, 0.5) is 11.4 Å². The molecular weight excluding hydrogens is 240 g/mol. The van der Waals surface area contributed by atoms with E-state index in [9.17, 15) is 0 Å². The summed E-state index contributed by atoms with van der Waals surface area (Å²) < 4.78 is 0. The molecule has 4 heteroatoms. The second kappa shape index (κ2) is 6.26. The van der Waals surface area contributed by atoms with Gasteiger partial charge in [0.1, 0.15) is 0 Å². The zero-order chi connectivity index (χ0) is 12.1. The Morgan fingerprint density at radius 3 is 2.75 bits per heavy atom. The van der Waals surface area contributed by atoms with Crippen molar-refractivity contribution in [3.63, 3.8) is 0 Å². The number of hydrogen-bond donors (Lipinski definition) is 1. The van der Waals surface area contributed by atoms with Crippen molar-refractivity contribution < 1.29 is 0 Å². The van der Waals surface area contributed by atoms with E-state index in [0.717, 1.165) is 17.8 Å². The monoisotopic (exact) mass is 258 g/mol. The van der Waals surface area contributed by atoms with E-state index in [1.165, 1.54) is 5.75 Å². The molecule has 0 fully saturated rings. The normalized spacial score (nSPS) is 12.5. The zero-order valence-corrected chi connectivity index (χ0v) is 11.6. The predicted molar refractivity (Wildman–Crippen MR) is 76.7 cm³/mol. The van der Waals surface area contributed by atoms with Crippen molar-refractivity contribution >= 4 is 34.7 Å². The van der Waals surface area contributed by atoms with Crippen LogP contribution < -0.4 is 10.6 Å². The summed E-state index contributed by atoms with van der Waals surface area (Å²) in [6.07, 6.45) is 3.28. The lowest BCUT2D eigenvalue weighted by atomic mass is 10.2. The lowest BCUT2D eigenvalue weighted by molar-refractivity contribution is 0.670. The van der Waals surface area contributed by atoms with Gasteiger partial charge in [-0.15, -0.1) is 0 Å². The summed E-state index contributed by atoms with van der Waals surface area (Å²) in [7, 11) is 2.07. The maximum atomic E-state index is 5.96. The van der Waals surface area contributed by atoms with Crippen LogP contribution in [0.25, 0.3) is 0 Å². The second-order valence-corrected chi connectivity index (χ2v) is 5.37. The Morgan fingerprint density at radius 1 is 1.50 bits per heavy atom. The number of nitrogen functional groups attached to an aromatic ring is 1. The quantitative estimate of drug-likeness (QED) is 0.820. The number of nitrogens with zero attached hydrogens (tertiary/aromatic N) is 1. The van der Waals surface area contributed by atoms with Crippen LogP contribution in [0.1, 0.15) is 13.3 Å². The van der Waals surface area contributed by atoms with E-state index in [4.69, 9.17) is 17.3 Å². The average molecular weight is 259 g/mol. The minimum Gasteiger partial charge on any atom is -0.397 e. The highest BCUT2D eigenvalue weighted by atomic mass is 35.5. The molecule has 0 aliphatic carbocycles. The Labute approximate surface area is 107 Å². The van der Waals surface area contributed by atoms with E-state index in [1.54, 1.807) is 6.07 Å². The van der Waals surface area contributed by atoms with E-state index in [2.05, 4.69) is 25.1 Å². The van der Waals surface area contributed by atoms with Crippen molar-refractivity contribution in [1.82, 2.24) is 0 Å². The number of halogens is 1. The fraction of sp³-hybridized carbons (Fsp3) is 0.500. The minimum atomic E-state index is 0.482. The van der Waals surface area contributed by atoms with E-state index in [1.807, 2.05) is 23.9 Å². The first kappa shape index (κ1) is 13.5. The molecule has 0 spiro atoms. The van der Waals surface area contributed by atoms with Gasteiger partial charge in [0.05, 0.1) is 11.4 Å². The van der Waals surface area contributed by atoms with Gasteiger partial charge in [-0.1, -0.05) is 11.6 Å². The van der Waals surface area contributed by atoms with Crippen LogP contribution in [0.3, 0.4) is 0 Å². The Kier molecular flexibility index (Phi) is 5.29. The van der Waals surface area contributed by atoms with Gasteiger partial charge < -0.3 is 10.6 Å². The molecule has 0 saturated heterocycles. The van der Waals surface area contributed by atoms with Crippen molar-refractivity contribution in [2.75, 3.05) is 29.7 Å². The summed E-state index contributed by atoms with van der Waals surface area (Å²) in [6, 6.07) is 6.14. The highest BCUT2D eigenvalue weighted by Crippen LogP contribution is 2.27. The first-order valence-electron chi connectivity index (χ1n) is 5.33. The van der Waals surface area contributed by atoms with E-state index in [-0.39, 0.29) is 0 Å². The number of rotatable bonds is 5. The molecule has 0 aliphatic heterocycles. The van der Waals surface area contributed by atoms with Crippen molar-refractivity contribution in [3.8, 4) is 0 Å². The molecule has 0 aromatic heterocycles. The van der Waals surface area contributed by atoms with Crippen LogP contribution >= 0.6 is 23.4 Å². The van der Waals surface area contributed by atoms with Crippen LogP contribution in [-0.4, -0.2) is 25.1 Å². The lowest BCUT2D eigenvalue weighted by Gasteiger charge is -2.28. The zero-order valence-electron chi connectivity index (χ0n) is 10.0. The number of nitrogens with two attached hydrogens (primary N) is 1. The number of hydrogen-bond acceptors (Lipinski definition) is 3. The first-order valence-corrected chi connectivity index (χ1v) is 7.10. The van der Waals surface area contributed by atoms with Crippen molar-refractivity contribution in [2.24, 2.45) is 0 Å². The van der Waals surface area contributed by atoms with Crippen LogP contribution in [0.2, 0.25) is 5.02 Å². The van der Waals surface area contributed by atoms with E-state index >= 15 is 0 Å². The van der Waals surface area contributed by atoms with E-state index < -0.39 is 0 Å². The van der Waals surface area contributed by atoms with Gasteiger partial charge in [-0.05, 0) is 43.6 Å². The van der Waals surface area contributed by atoms with E-state index in [0.29, 0.717) is 11.1 Å². The third-order valence-corrected chi connectivity index (χ3v) is 3.65. The summed E-state index contributed by atoms with van der Waals surface area (Å²) in [6.45, 7) is 2.21. The predicted octanol–water partition coefficient (Wildman–Crippen LogP) is 3.50. The van der Waals surface area contributed by atoms with Gasteiger partial charge in [0.2, 0.25) is 0 Å². The molecule has 1 rings (SSSR count). The first-order chi connectivity index (χ1) is 7.56. The maximum absolute atomic E-state index is 5.96. The largest absolute Gasteiger partial charge is 0.397 e.